The molecule has 1 fully saturated rings. The highest BCUT2D eigenvalue weighted by Crippen LogP contribution is 2.47. The average molecular weight is 276 g/mol. The van der Waals surface area contributed by atoms with Crippen molar-refractivity contribution in [3.63, 3.8) is 0 Å². The number of aromatic nitrogens is 1. The molecule has 0 unspecified atom stereocenters. The van der Waals surface area contributed by atoms with Crippen molar-refractivity contribution in [1.29, 1.82) is 0 Å². The van der Waals surface area contributed by atoms with E-state index in [0.29, 0.717) is 0 Å². The van der Waals surface area contributed by atoms with Gasteiger partial charge in [0.2, 0.25) is 0 Å². The van der Waals surface area contributed by atoms with Crippen molar-refractivity contribution in [3.05, 3.63) is 24.3 Å². The molecule has 2 aliphatic heterocycles. The van der Waals surface area contributed by atoms with Gasteiger partial charge in [-0.25, -0.2) is 0 Å². The van der Waals surface area contributed by atoms with Crippen LogP contribution in [0.5, 0.6) is 0 Å². The van der Waals surface area contributed by atoms with E-state index < -0.39 is 0 Å². The van der Waals surface area contributed by atoms with Crippen molar-refractivity contribution < 1.29 is 4.74 Å². The second-order valence-electron chi connectivity index (χ2n) is 4.42. The molecule has 2 heterocycles. The number of rotatable bonds is 1. The molecule has 1 aliphatic carbocycles. The predicted octanol–water partition coefficient (Wildman–Crippen LogP) is 3.30. The zero-order chi connectivity index (χ0) is 11.9. The van der Waals surface area contributed by atoms with Gasteiger partial charge >= 0.3 is 0 Å². The summed E-state index contributed by atoms with van der Waals surface area (Å²) in [5, 5.41) is 2.62. The number of anilines is 1. The molecular formula is C13H12N2OS2. The van der Waals surface area contributed by atoms with Gasteiger partial charge in [-0.15, -0.1) is 0 Å². The predicted molar refractivity (Wildman–Crippen MR) is 77.2 cm³/mol. The zero-order valence-electron chi connectivity index (χ0n) is 9.76. The summed E-state index contributed by atoms with van der Waals surface area (Å²) in [7, 11) is 3.37. The molecule has 0 N–H and O–H groups in total. The lowest BCUT2D eigenvalue weighted by atomic mass is 10.2. The van der Waals surface area contributed by atoms with E-state index in [2.05, 4.69) is 33.5 Å². The smallest absolute Gasteiger partial charge is 0.105 e. The summed E-state index contributed by atoms with van der Waals surface area (Å²) in [5.74, 6) is 0. The zero-order valence-corrected chi connectivity index (χ0v) is 11.4. The highest BCUT2D eigenvalue weighted by molar-refractivity contribution is 7.68. The number of fused-ring (bicyclic) bond motifs is 3. The standard InChI is InChI=1S/C13H12N2OS2/c1-2-4-10-9(3-1)11-13(17-18-14-11)12(10)15-5-7-16-8-6-15/h1-4H,5-8H2. The van der Waals surface area contributed by atoms with Gasteiger partial charge in [0.05, 0.1) is 23.8 Å². The summed E-state index contributed by atoms with van der Waals surface area (Å²) in [5.41, 5.74) is 2.53. The first-order valence-electron chi connectivity index (χ1n) is 6.04. The summed E-state index contributed by atoms with van der Waals surface area (Å²) in [4.78, 5) is 3.78. The molecule has 0 saturated carbocycles. The van der Waals surface area contributed by atoms with Crippen LogP contribution >= 0.6 is 20.9 Å². The third-order valence-corrected chi connectivity index (χ3v) is 5.28. The maximum Gasteiger partial charge on any atom is 0.105 e. The average Bonchev–Trinajstić information content (AvgIpc) is 2.99. The van der Waals surface area contributed by atoms with Crippen LogP contribution in [0.4, 0.5) is 5.69 Å². The highest BCUT2D eigenvalue weighted by Gasteiger charge is 2.25. The van der Waals surface area contributed by atoms with E-state index in [1.165, 1.54) is 27.0 Å². The van der Waals surface area contributed by atoms with E-state index in [0.717, 1.165) is 26.3 Å². The molecule has 3 nitrogen and oxygen atoms in total. The Labute approximate surface area is 112 Å². The fourth-order valence-electron chi connectivity index (χ4n) is 2.62. The minimum Gasteiger partial charge on any atom is -0.378 e. The van der Waals surface area contributed by atoms with Gasteiger partial charge in [0, 0.05) is 34.4 Å². The first-order chi connectivity index (χ1) is 8.95. The number of hydrogen-bond donors (Lipinski definition) is 0. The van der Waals surface area contributed by atoms with Crippen LogP contribution < -0.4 is 4.90 Å². The maximum absolute atomic E-state index is 5.45. The van der Waals surface area contributed by atoms with E-state index in [4.69, 9.17) is 4.74 Å². The molecule has 0 spiro atoms. The van der Waals surface area contributed by atoms with Crippen LogP contribution in [-0.2, 0) is 4.74 Å². The van der Waals surface area contributed by atoms with Gasteiger partial charge in [0.15, 0.2) is 0 Å². The lowest BCUT2D eigenvalue weighted by Gasteiger charge is -2.28. The molecular weight excluding hydrogens is 264 g/mol. The van der Waals surface area contributed by atoms with Gasteiger partial charge in [-0.05, 0) is 0 Å². The topological polar surface area (TPSA) is 25.4 Å². The summed E-state index contributed by atoms with van der Waals surface area (Å²) in [6, 6.07) is 8.58. The largest absolute Gasteiger partial charge is 0.378 e. The van der Waals surface area contributed by atoms with Crippen molar-refractivity contribution in [1.82, 2.24) is 4.37 Å². The SMILES string of the molecule is c1ccc2c(N3CCOCC3)c3ssnc-3c2c1. The van der Waals surface area contributed by atoms with Gasteiger partial charge in [0.25, 0.3) is 0 Å². The molecule has 0 radical (unpaired) electrons. The van der Waals surface area contributed by atoms with E-state index >= 15 is 0 Å². The van der Waals surface area contributed by atoms with E-state index in [9.17, 15) is 0 Å². The van der Waals surface area contributed by atoms with Gasteiger partial charge in [-0.1, -0.05) is 34.6 Å². The number of ether oxygens (including phenoxy) is 1. The number of nitrogens with zero attached hydrogens (tertiary/aromatic N) is 2. The van der Waals surface area contributed by atoms with Crippen LogP contribution in [0.25, 0.3) is 21.3 Å². The number of morpholine rings is 1. The Bertz CT molecular complexity index is 654. The Hall–Kier alpha value is -1.17. The van der Waals surface area contributed by atoms with Crippen molar-refractivity contribution in [2.75, 3.05) is 31.2 Å². The molecule has 1 aromatic carbocycles. The highest BCUT2D eigenvalue weighted by atomic mass is 32.9. The minimum absolute atomic E-state index is 0.823. The van der Waals surface area contributed by atoms with Gasteiger partial charge in [0.1, 0.15) is 5.69 Å². The lowest BCUT2D eigenvalue weighted by Crippen LogP contribution is -2.36. The molecule has 0 atom stereocenters. The molecule has 1 aromatic rings. The fraction of sp³-hybridized carbons (Fsp3) is 0.308. The number of benzene rings is 1. The Morgan fingerprint density at radius 3 is 2.72 bits per heavy atom. The lowest BCUT2D eigenvalue weighted by molar-refractivity contribution is 0.123. The molecule has 0 aromatic heterocycles. The molecule has 18 heavy (non-hydrogen) atoms. The van der Waals surface area contributed by atoms with Gasteiger partial charge < -0.3 is 9.64 Å². The van der Waals surface area contributed by atoms with Crippen LogP contribution in [0.1, 0.15) is 0 Å². The maximum atomic E-state index is 5.45. The van der Waals surface area contributed by atoms with E-state index in [1.54, 1.807) is 20.9 Å². The van der Waals surface area contributed by atoms with Crippen molar-refractivity contribution in [2.24, 2.45) is 0 Å². The first kappa shape index (κ1) is 10.7. The van der Waals surface area contributed by atoms with Crippen LogP contribution in [0.2, 0.25) is 0 Å². The Morgan fingerprint density at radius 1 is 1.11 bits per heavy atom. The van der Waals surface area contributed by atoms with E-state index in [-0.39, 0.29) is 0 Å². The second kappa shape index (κ2) is 4.19. The summed E-state index contributed by atoms with van der Waals surface area (Å²) in [6.45, 7) is 3.60. The Balaban J connectivity index is 1.97. The molecule has 4 rings (SSSR count). The second-order valence-corrected chi connectivity index (χ2v) is 6.27. The first-order valence-corrected chi connectivity index (χ1v) is 8.14. The molecule has 5 heteroatoms. The van der Waals surface area contributed by atoms with Crippen LogP contribution in [0.3, 0.4) is 0 Å². The van der Waals surface area contributed by atoms with Gasteiger partial charge in [-0.3, -0.25) is 0 Å². The summed E-state index contributed by atoms with van der Waals surface area (Å²) < 4.78 is 10.0. The van der Waals surface area contributed by atoms with Gasteiger partial charge in [-0.2, -0.15) is 4.37 Å². The van der Waals surface area contributed by atoms with E-state index in [1.807, 2.05) is 0 Å². The fourth-order valence-corrected chi connectivity index (χ4v) is 4.64. The summed E-state index contributed by atoms with van der Waals surface area (Å²) in [6.07, 6.45) is 0. The van der Waals surface area contributed by atoms with Crippen molar-refractivity contribution >= 4 is 37.3 Å². The molecule has 0 bridgehead atoms. The van der Waals surface area contributed by atoms with Crippen LogP contribution in [0.15, 0.2) is 24.3 Å². The van der Waals surface area contributed by atoms with Crippen LogP contribution in [0, 0.1) is 0 Å². The van der Waals surface area contributed by atoms with Crippen molar-refractivity contribution in [3.8, 4) is 10.6 Å². The van der Waals surface area contributed by atoms with Crippen molar-refractivity contribution in [2.45, 2.75) is 0 Å². The summed E-state index contributed by atoms with van der Waals surface area (Å²) >= 11 is 0. The molecule has 3 aliphatic rings. The number of hydrogen-bond acceptors (Lipinski definition) is 5. The normalized spacial score (nSPS) is 16.8. The quantitative estimate of drug-likeness (QED) is 0.638. The molecule has 1 saturated heterocycles. The monoisotopic (exact) mass is 276 g/mol. The molecule has 92 valence electrons. The third kappa shape index (κ3) is 1.48. The Morgan fingerprint density at radius 2 is 1.89 bits per heavy atom. The minimum atomic E-state index is 0.823. The molecule has 0 amide bonds. The van der Waals surface area contributed by atoms with Crippen LogP contribution in [-0.4, -0.2) is 30.7 Å². The Kier molecular flexibility index (Phi) is 2.50. The third-order valence-electron chi connectivity index (χ3n) is 3.44.